The molecule has 0 aliphatic rings. The zero-order chi connectivity index (χ0) is 21.3. The Bertz CT molecular complexity index is 1080. The number of hydrogen-bond donors (Lipinski definition) is 1. The number of methoxy groups -OCH3 is 1. The third-order valence-corrected chi connectivity index (χ3v) is 4.64. The van der Waals surface area contributed by atoms with E-state index in [-0.39, 0.29) is 5.57 Å². The average molecular weight is 418 g/mol. The molecular weight excluding hydrogens is 398 g/mol. The van der Waals surface area contributed by atoms with E-state index >= 15 is 0 Å². The lowest BCUT2D eigenvalue weighted by molar-refractivity contribution is -0.112. The van der Waals surface area contributed by atoms with Gasteiger partial charge in [0.05, 0.1) is 12.1 Å². The summed E-state index contributed by atoms with van der Waals surface area (Å²) >= 11 is 6.12. The van der Waals surface area contributed by atoms with Crippen LogP contribution in [0.15, 0.2) is 90.6 Å². The topological polar surface area (TPSA) is 65.4 Å². The van der Waals surface area contributed by atoms with Crippen molar-refractivity contribution < 1.29 is 9.53 Å². The van der Waals surface area contributed by atoms with Gasteiger partial charge < -0.3 is 15.0 Å². The van der Waals surface area contributed by atoms with E-state index < -0.39 is 5.91 Å². The van der Waals surface area contributed by atoms with Gasteiger partial charge in [0.2, 0.25) is 0 Å². The van der Waals surface area contributed by atoms with E-state index in [1.165, 1.54) is 7.11 Å². The largest absolute Gasteiger partial charge is 0.495 e. The zero-order valence-electron chi connectivity index (χ0n) is 16.4. The van der Waals surface area contributed by atoms with Crippen molar-refractivity contribution in [3.63, 3.8) is 0 Å². The number of hydrogen-bond acceptors (Lipinski definition) is 4. The number of nitriles is 1. The van der Waals surface area contributed by atoms with Gasteiger partial charge in [-0.3, -0.25) is 4.79 Å². The highest BCUT2D eigenvalue weighted by atomic mass is 35.5. The second kappa shape index (κ2) is 10.1. The highest BCUT2D eigenvalue weighted by molar-refractivity contribution is 6.32. The highest BCUT2D eigenvalue weighted by Crippen LogP contribution is 2.27. The van der Waals surface area contributed by atoms with E-state index in [2.05, 4.69) is 5.32 Å². The zero-order valence-corrected chi connectivity index (χ0v) is 17.1. The Labute approximate surface area is 180 Å². The fourth-order valence-electron chi connectivity index (χ4n) is 2.85. The molecule has 0 aromatic heterocycles. The van der Waals surface area contributed by atoms with Gasteiger partial charge in [-0.2, -0.15) is 5.26 Å². The first-order chi connectivity index (χ1) is 14.6. The van der Waals surface area contributed by atoms with Gasteiger partial charge in [-0.15, -0.1) is 0 Å². The Morgan fingerprint density at radius 3 is 2.37 bits per heavy atom. The standard InChI is InChI=1S/C24H20ClN3O2/c1-30-23-13-12-20(14-22(23)25)27-24(29)19(15-26)17-28(21-10-6-3-7-11-21)16-18-8-4-2-5-9-18/h2-14,17H,16H2,1H3,(H,27,29)/b19-17-. The van der Waals surface area contributed by atoms with Crippen LogP contribution in [0.2, 0.25) is 5.02 Å². The Balaban J connectivity index is 1.86. The van der Waals surface area contributed by atoms with Crippen molar-refractivity contribution in [2.24, 2.45) is 0 Å². The SMILES string of the molecule is COc1ccc(NC(=O)/C(C#N)=C\N(Cc2ccccc2)c2ccccc2)cc1Cl. The lowest BCUT2D eigenvalue weighted by Gasteiger charge is -2.21. The highest BCUT2D eigenvalue weighted by Gasteiger charge is 2.14. The molecule has 0 fully saturated rings. The smallest absolute Gasteiger partial charge is 0.267 e. The Morgan fingerprint density at radius 1 is 1.10 bits per heavy atom. The van der Waals surface area contributed by atoms with Gasteiger partial charge >= 0.3 is 0 Å². The van der Waals surface area contributed by atoms with Crippen molar-refractivity contribution in [3.05, 3.63) is 101 Å². The molecule has 150 valence electrons. The molecule has 0 radical (unpaired) electrons. The van der Waals surface area contributed by atoms with Gasteiger partial charge in [0.15, 0.2) is 0 Å². The number of nitrogens with one attached hydrogen (secondary N) is 1. The molecule has 3 aromatic rings. The van der Waals surface area contributed by atoms with E-state index in [0.717, 1.165) is 11.3 Å². The molecule has 3 rings (SSSR count). The molecule has 0 unspecified atom stereocenters. The molecule has 0 saturated heterocycles. The summed E-state index contributed by atoms with van der Waals surface area (Å²) in [5.41, 5.74) is 2.37. The number of anilines is 2. The molecule has 6 heteroatoms. The van der Waals surface area contributed by atoms with Crippen molar-refractivity contribution in [1.29, 1.82) is 5.26 Å². The van der Waals surface area contributed by atoms with E-state index in [4.69, 9.17) is 16.3 Å². The molecule has 3 aromatic carbocycles. The number of para-hydroxylation sites is 1. The summed E-state index contributed by atoms with van der Waals surface area (Å²) in [7, 11) is 1.51. The Kier molecular flexibility index (Phi) is 7.09. The van der Waals surface area contributed by atoms with Crippen LogP contribution in [0.3, 0.4) is 0 Å². The number of ether oxygens (including phenoxy) is 1. The fourth-order valence-corrected chi connectivity index (χ4v) is 3.11. The molecule has 1 N–H and O–H groups in total. The van der Waals surface area contributed by atoms with Gasteiger partial charge in [0.25, 0.3) is 5.91 Å². The van der Waals surface area contributed by atoms with Crippen molar-refractivity contribution in [2.45, 2.75) is 6.54 Å². The van der Waals surface area contributed by atoms with Gasteiger partial charge in [0.1, 0.15) is 17.4 Å². The number of halogens is 1. The first-order valence-corrected chi connectivity index (χ1v) is 9.61. The fraction of sp³-hybridized carbons (Fsp3) is 0.0833. The molecule has 0 saturated carbocycles. The summed E-state index contributed by atoms with van der Waals surface area (Å²) in [5, 5.41) is 12.7. The maximum absolute atomic E-state index is 12.7. The number of carbonyl (C=O) groups excluding carboxylic acids is 1. The molecular formula is C24H20ClN3O2. The lowest BCUT2D eigenvalue weighted by Crippen LogP contribution is -2.20. The molecule has 30 heavy (non-hydrogen) atoms. The van der Waals surface area contributed by atoms with E-state index in [9.17, 15) is 10.1 Å². The maximum Gasteiger partial charge on any atom is 0.267 e. The second-order valence-electron chi connectivity index (χ2n) is 6.41. The van der Waals surface area contributed by atoms with Gasteiger partial charge in [-0.05, 0) is 35.9 Å². The first-order valence-electron chi connectivity index (χ1n) is 9.23. The summed E-state index contributed by atoms with van der Waals surface area (Å²) < 4.78 is 5.12. The average Bonchev–Trinajstić information content (AvgIpc) is 2.78. The summed E-state index contributed by atoms with van der Waals surface area (Å²) in [4.78, 5) is 14.6. The van der Waals surface area contributed by atoms with Crippen LogP contribution in [0.25, 0.3) is 0 Å². The van der Waals surface area contributed by atoms with Crippen LogP contribution >= 0.6 is 11.6 Å². The van der Waals surface area contributed by atoms with E-state index in [1.807, 2.05) is 71.6 Å². The van der Waals surface area contributed by atoms with E-state index in [0.29, 0.717) is 23.0 Å². The Morgan fingerprint density at radius 2 is 1.77 bits per heavy atom. The number of benzene rings is 3. The molecule has 0 bridgehead atoms. The number of nitrogens with zero attached hydrogens (tertiary/aromatic N) is 2. The minimum Gasteiger partial charge on any atom is -0.495 e. The summed E-state index contributed by atoms with van der Waals surface area (Å²) in [5.74, 6) is -0.0171. The van der Waals surface area contributed by atoms with Crippen LogP contribution in [-0.2, 0) is 11.3 Å². The molecule has 0 aliphatic heterocycles. The van der Waals surface area contributed by atoms with Gasteiger partial charge in [-0.1, -0.05) is 60.1 Å². The number of carbonyl (C=O) groups is 1. The molecule has 0 heterocycles. The first kappa shape index (κ1) is 21.0. The number of rotatable bonds is 7. The van der Waals surface area contributed by atoms with Crippen molar-refractivity contribution in [3.8, 4) is 11.8 Å². The lowest BCUT2D eigenvalue weighted by atomic mass is 10.2. The normalized spacial score (nSPS) is 10.8. The van der Waals surface area contributed by atoms with Crippen molar-refractivity contribution in [1.82, 2.24) is 0 Å². The van der Waals surface area contributed by atoms with Crippen LogP contribution in [0, 0.1) is 11.3 Å². The summed E-state index contributed by atoms with van der Waals surface area (Å²) in [6, 6.07) is 26.3. The molecule has 5 nitrogen and oxygen atoms in total. The molecule has 0 aliphatic carbocycles. The Hall–Kier alpha value is -3.75. The van der Waals surface area contributed by atoms with Crippen LogP contribution in [-0.4, -0.2) is 13.0 Å². The predicted molar refractivity (Wildman–Crippen MR) is 119 cm³/mol. The summed E-state index contributed by atoms with van der Waals surface area (Å²) in [6.07, 6.45) is 1.56. The third kappa shape index (κ3) is 5.40. The molecule has 1 amide bonds. The van der Waals surface area contributed by atoms with Crippen LogP contribution in [0.5, 0.6) is 5.75 Å². The second-order valence-corrected chi connectivity index (χ2v) is 6.81. The van der Waals surface area contributed by atoms with Crippen LogP contribution in [0.1, 0.15) is 5.56 Å². The molecule has 0 spiro atoms. The molecule has 0 atom stereocenters. The maximum atomic E-state index is 12.7. The van der Waals surface area contributed by atoms with Crippen LogP contribution in [0.4, 0.5) is 11.4 Å². The monoisotopic (exact) mass is 417 g/mol. The minimum atomic E-state index is -0.521. The van der Waals surface area contributed by atoms with Gasteiger partial charge in [0, 0.05) is 24.1 Å². The third-order valence-electron chi connectivity index (χ3n) is 4.34. The van der Waals surface area contributed by atoms with Crippen molar-refractivity contribution >= 4 is 28.9 Å². The van der Waals surface area contributed by atoms with Gasteiger partial charge in [-0.25, -0.2) is 0 Å². The minimum absolute atomic E-state index is 0.0262. The van der Waals surface area contributed by atoms with E-state index in [1.54, 1.807) is 24.4 Å². The number of amides is 1. The predicted octanol–water partition coefficient (Wildman–Crippen LogP) is 5.40. The van der Waals surface area contributed by atoms with Crippen LogP contribution < -0.4 is 15.0 Å². The van der Waals surface area contributed by atoms with Crippen molar-refractivity contribution in [2.75, 3.05) is 17.3 Å². The quantitative estimate of drug-likeness (QED) is 0.413. The summed E-state index contributed by atoms with van der Waals surface area (Å²) in [6.45, 7) is 0.512.